The molecule has 1 aliphatic heterocycles. The van der Waals surface area contributed by atoms with E-state index in [4.69, 9.17) is 0 Å². The van der Waals surface area contributed by atoms with Crippen LogP contribution in [-0.2, 0) is 0 Å². The van der Waals surface area contributed by atoms with Crippen LogP contribution in [0.3, 0.4) is 0 Å². The normalized spacial score (nSPS) is 37.9. The van der Waals surface area contributed by atoms with Gasteiger partial charge in [-0.2, -0.15) is 0 Å². The molecule has 86 valence electrons. The van der Waals surface area contributed by atoms with Gasteiger partial charge in [0.2, 0.25) is 0 Å². The summed E-state index contributed by atoms with van der Waals surface area (Å²) in [7, 11) is 0. The molecule has 2 fully saturated rings. The van der Waals surface area contributed by atoms with Gasteiger partial charge in [0.15, 0.2) is 0 Å². The van der Waals surface area contributed by atoms with Crippen molar-refractivity contribution in [2.75, 3.05) is 6.54 Å². The first-order chi connectivity index (χ1) is 7.27. The topological polar surface area (TPSA) is 3.24 Å². The van der Waals surface area contributed by atoms with Crippen LogP contribution in [0.1, 0.15) is 39.0 Å². The Kier molecular flexibility index (Phi) is 4.10. The second-order valence-electron chi connectivity index (χ2n) is 5.09. The van der Waals surface area contributed by atoms with Crippen molar-refractivity contribution in [3.05, 3.63) is 12.7 Å². The van der Waals surface area contributed by atoms with E-state index in [0.29, 0.717) is 0 Å². The first kappa shape index (κ1) is 11.9. The second-order valence-corrected chi connectivity index (χ2v) is 6.33. The van der Waals surface area contributed by atoms with Crippen molar-refractivity contribution in [2.45, 2.75) is 45.1 Å². The molecular weight excluding hydrogens is 297 g/mol. The van der Waals surface area contributed by atoms with Crippen LogP contribution < -0.4 is 0 Å². The van der Waals surface area contributed by atoms with Crippen molar-refractivity contribution < 1.29 is 0 Å². The van der Waals surface area contributed by atoms with Gasteiger partial charge in [0, 0.05) is 35.5 Å². The zero-order valence-corrected chi connectivity index (χ0v) is 11.8. The average Bonchev–Trinajstić information content (AvgIpc) is 2.90. The predicted octanol–water partition coefficient (Wildman–Crippen LogP) is 4.04. The van der Waals surface area contributed by atoms with Gasteiger partial charge in [0.25, 0.3) is 0 Å². The molecule has 0 bridgehead atoms. The third kappa shape index (κ3) is 2.57. The van der Waals surface area contributed by atoms with Crippen LogP contribution in [0.2, 0.25) is 0 Å². The van der Waals surface area contributed by atoms with Crippen molar-refractivity contribution in [3.8, 4) is 0 Å². The number of rotatable bonds is 5. The molecule has 0 N–H and O–H groups in total. The SMILES string of the molecule is C=CCC(C1CC1CC)C1CCCN1I. The van der Waals surface area contributed by atoms with Crippen LogP contribution in [0.15, 0.2) is 12.7 Å². The Balaban J connectivity index is 1.96. The summed E-state index contributed by atoms with van der Waals surface area (Å²) in [5.74, 6) is 2.93. The van der Waals surface area contributed by atoms with E-state index in [1.165, 1.54) is 38.6 Å². The smallest absolute Gasteiger partial charge is 0.0228 e. The number of halogens is 1. The standard InChI is InChI=1S/C13H22IN/c1-3-6-11(12-9-10(12)4-2)13-7-5-8-15(13)14/h3,10-13H,1,4-9H2,2H3. The van der Waals surface area contributed by atoms with Gasteiger partial charge < -0.3 is 0 Å². The molecule has 0 amide bonds. The molecule has 2 rings (SSSR count). The van der Waals surface area contributed by atoms with Crippen molar-refractivity contribution in [1.82, 2.24) is 3.11 Å². The van der Waals surface area contributed by atoms with E-state index in [1.54, 1.807) is 0 Å². The van der Waals surface area contributed by atoms with Gasteiger partial charge in [-0.15, -0.1) is 6.58 Å². The van der Waals surface area contributed by atoms with Gasteiger partial charge in [-0.3, -0.25) is 0 Å². The highest BCUT2D eigenvalue weighted by Gasteiger charge is 2.45. The van der Waals surface area contributed by atoms with Gasteiger partial charge in [-0.05, 0) is 43.4 Å². The van der Waals surface area contributed by atoms with Crippen LogP contribution in [-0.4, -0.2) is 15.7 Å². The molecule has 1 aliphatic carbocycles. The highest BCUT2D eigenvalue weighted by Crippen LogP contribution is 2.51. The molecule has 1 saturated carbocycles. The molecular formula is C13H22IN. The van der Waals surface area contributed by atoms with Crippen LogP contribution in [0.4, 0.5) is 0 Å². The van der Waals surface area contributed by atoms with Gasteiger partial charge in [0.1, 0.15) is 0 Å². The van der Waals surface area contributed by atoms with E-state index in [0.717, 1.165) is 23.8 Å². The molecule has 2 aliphatic rings. The number of allylic oxidation sites excluding steroid dienone is 1. The Bertz CT molecular complexity index is 229. The zero-order valence-electron chi connectivity index (χ0n) is 9.66. The molecule has 1 nitrogen and oxygen atoms in total. The fourth-order valence-electron chi connectivity index (χ4n) is 3.25. The summed E-state index contributed by atoms with van der Waals surface area (Å²) in [5.41, 5.74) is 0. The van der Waals surface area contributed by atoms with Crippen LogP contribution in [0.5, 0.6) is 0 Å². The second kappa shape index (κ2) is 5.17. The van der Waals surface area contributed by atoms with E-state index in [1.807, 2.05) is 0 Å². The monoisotopic (exact) mass is 319 g/mol. The molecule has 0 aromatic rings. The molecule has 0 aromatic carbocycles. The summed E-state index contributed by atoms with van der Waals surface area (Å²) < 4.78 is 2.55. The Labute approximate surface area is 108 Å². The van der Waals surface area contributed by atoms with Crippen LogP contribution in [0.25, 0.3) is 0 Å². The lowest BCUT2D eigenvalue weighted by atomic mass is 9.89. The number of nitrogens with zero attached hydrogens (tertiary/aromatic N) is 1. The molecule has 0 spiro atoms. The van der Waals surface area contributed by atoms with Gasteiger partial charge in [-0.25, -0.2) is 3.11 Å². The minimum absolute atomic E-state index is 0.838. The third-order valence-corrected chi connectivity index (χ3v) is 5.41. The van der Waals surface area contributed by atoms with E-state index >= 15 is 0 Å². The van der Waals surface area contributed by atoms with Crippen molar-refractivity contribution in [2.24, 2.45) is 17.8 Å². The fourth-order valence-corrected chi connectivity index (χ4v) is 4.29. The summed E-state index contributed by atoms with van der Waals surface area (Å²) >= 11 is 2.53. The maximum atomic E-state index is 3.94. The fraction of sp³-hybridized carbons (Fsp3) is 0.846. The molecule has 1 saturated heterocycles. The highest BCUT2D eigenvalue weighted by molar-refractivity contribution is 14.1. The first-order valence-electron chi connectivity index (χ1n) is 6.31. The van der Waals surface area contributed by atoms with Crippen molar-refractivity contribution in [1.29, 1.82) is 0 Å². The first-order valence-corrected chi connectivity index (χ1v) is 7.27. The minimum atomic E-state index is 0.838. The quantitative estimate of drug-likeness (QED) is 0.420. The van der Waals surface area contributed by atoms with Gasteiger partial charge >= 0.3 is 0 Å². The maximum Gasteiger partial charge on any atom is 0.0228 e. The maximum absolute atomic E-state index is 3.94. The van der Waals surface area contributed by atoms with Gasteiger partial charge in [0.05, 0.1) is 0 Å². The Hall–Kier alpha value is 0.430. The number of hydrogen-bond donors (Lipinski definition) is 0. The summed E-state index contributed by atoms with van der Waals surface area (Å²) in [6.45, 7) is 7.57. The van der Waals surface area contributed by atoms with E-state index in [9.17, 15) is 0 Å². The van der Waals surface area contributed by atoms with Gasteiger partial charge in [-0.1, -0.05) is 19.4 Å². The summed E-state index contributed by atoms with van der Waals surface area (Å²) in [4.78, 5) is 0. The van der Waals surface area contributed by atoms with Crippen molar-refractivity contribution in [3.63, 3.8) is 0 Å². The van der Waals surface area contributed by atoms with Crippen LogP contribution in [0, 0.1) is 17.8 Å². The summed E-state index contributed by atoms with van der Waals surface area (Å²) in [5, 5.41) is 0. The molecule has 2 heteroatoms. The Morgan fingerprint density at radius 2 is 2.40 bits per heavy atom. The Morgan fingerprint density at radius 3 is 2.87 bits per heavy atom. The van der Waals surface area contributed by atoms with E-state index in [2.05, 4.69) is 45.6 Å². The highest BCUT2D eigenvalue weighted by atomic mass is 127. The average molecular weight is 319 g/mol. The molecule has 0 radical (unpaired) electrons. The molecule has 1 heterocycles. The lowest BCUT2D eigenvalue weighted by Gasteiger charge is -2.27. The summed E-state index contributed by atoms with van der Waals surface area (Å²) in [6.07, 6.45) is 9.03. The lowest BCUT2D eigenvalue weighted by Crippen LogP contribution is -2.30. The molecule has 4 unspecified atom stereocenters. The minimum Gasteiger partial charge on any atom is -0.244 e. The largest absolute Gasteiger partial charge is 0.244 e. The zero-order chi connectivity index (χ0) is 10.8. The third-order valence-electron chi connectivity index (χ3n) is 4.22. The predicted molar refractivity (Wildman–Crippen MR) is 73.9 cm³/mol. The number of hydrogen-bond acceptors (Lipinski definition) is 1. The Morgan fingerprint density at radius 1 is 1.60 bits per heavy atom. The molecule has 0 aromatic heterocycles. The summed E-state index contributed by atoms with van der Waals surface area (Å²) in [6, 6.07) is 0.838. The lowest BCUT2D eigenvalue weighted by molar-refractivity contribution is 0.281. The van der Waals surface area contributed by atoms with Crippen molar-refractivity contribution >= 4 is 22.9 Å². The van der Waals surface area contributed by atoms with E-state index in [-0.39, 0.29) is 0 Å². The van der Waals surface area contributed by atoms with E-state index < -0.39 is 0 Å². The van der Waals surface area contributed by atoms with Crippen LogP contribution >= 0.6 is 22.9 Å². The molecule has 15 heavy (non-hydrogen) atoms. The molecule has 4 atom stereocenters.